The van der Waals surface area contributed by atoms with E-state index in [0.717, 1.165) is 16.3 Å². The molecule has 0 aliphatic heterocycles. The summed E-state index contributed by atoms with van der Waals surface area (Å²) in [6, 6.07) is 13.9. The van der Waals surface area contributed by atoms with E-state index < -0.39 is 4.92 Å². The van der Waals surface area contributed by atoms with Crippen LogP contribution in [0, 0.1) is 10.1 Å². The van der Waals surface area contributed by atoms with Crippen molar-refractivity contribution in [1.82, 2.24) is 14.8 Å². The van der Waals surface area contributed by atoms with Gasteiger partial charge in [-0.1, -0.05) is 36.0 Å². The van der Waals surface area contributed by atoms with Gasteiger partial charge in [0.2, 0.25) is 5.91 Å². The fraction of sp³-hybridized carbons (Fsp3) is 0.167. The average molecular weight is 383 g/mol. The quantitative estimate of drug-likeness (QED) is 0.396. The molecule has 0 unspecified atom stereocenters. The molecule has 0 bridgehead atoms. The van der Waals surface area contributed by atoms with E-state index in [2.05, 4.69) is 15.5 Å². The van der Waals surface area contributed by atoms with E-state index in [-0.39, 0.29) is 11.6 Å². The zero-order chi connectivity index (χ0) is 19.4. The lowest BCUT2D eigenvalue weighted by Gasteiger charge is -2.06. The molecule has 2 aromatic carbocycles. The van der Waals surface area contributed by atoms with Crippen molar-refractivity contribution in [1.29, 1.82) is 0 Å². The molecule has 0 aliphatic carbocycles. The van der Waals surface area contributed by atoms with E-state index in [1.165, 1.54) is 30.8 Å². The summed E-state index contributed by atoms with van der Waals surface area (Å²) >= 11 is 1.49. The highest BCUT2D eigenvalue weighted by Gasteiger charge is 2.12. The number of hydrogen-bond donors (Lipinski definition) is 1. The molecule has 1 amide bonds. The smallest absolute Gasteiger partial charge is 0.269 e. The van der Waals surface area contributed by atoms with Crippen LogP contribution in [0.2, 0.25) is 0 Å². The van der Waals surface area contributed by atoms with Gasteiger partial charge in [0.05, 0.1) is 4.92 Å². The van der Waals surface area contributed by atoms with Crippen LogP contribution in [0.4, 0.5) is 11.4 Å². The summed E-state index contributed by atoms with van der Waals surface area (Å²) in [5.74, 6) is 1.17. The van der Waals surface area contributed by atoms with Gasteiger partial charge in [-0.25, -0.2) is 0 Å². The molecule has 0 saturated heterocycles. The zero-order valence-electron chi connectivity index (χ0n) is 14.7. The van der Waals surface area contributed by atoms with Crippen molar-refractivity contribution in [2.75, 3.05) is 5.32 Å². The summed E-state index contributed by atoms with van der Waals surface area (Å²) in [5.41, 5.74) is 2.58. The molecule has 0 atom stereocenters. The standard InChI is InChI=1S/C18H17N5O3S/c1-12(24)19-15-5-3-4-14(10-15)17-20-21-18(22(17)2)27-11-13-6-8-16(9-7-13)23(25)26/h3-10H,11H2,1-2H3,(H,19,24). The van der Waals surface area contributed by atoms with E-state index in [0.29, 0.717) is 17.3 Å². The third-order valence-corrected chi connectivity index (χ3v) is 4.88. The van der Waals surface area contributed by atoms with Crippen LogP contribution in [0.25, 0.3) is 11.4 Å². The lowest BCUT2D eigenvalue weighted by Crippen LogP contribution is -2.05. The van der Waals surface area contributed by atoms with Gasteiger partial charge in [0.25, 0.3) is 5.69 Å². The predicted octanol–water partition coefficient (Wildman–Crippen LogP) is 3.64. The summed E-state index contributed by atoms with van der Waals surface area (Å²) in [7, 11) is 1.87. The minimum absolute atomic E-state index is 0.0729. The lowest BCUT2D eigenvalue weighted by atomic mass is 10.2. The molecule has 0 saturated carbocycles. The largest absolute Gasteiger partial charge is 0.326 e. The molecular weight excluding hydrogens is 366 g/mol. The maximum Gasteiger partial charge on any atom is 0.269 e. The number of carbonyl (C=O) groups excluding carboxylic acids is 1. The van der Waals surface area contributed by atoms with Crippen LogP contribution in [0.15, 0.2) is 53.7 Å². The molecule has 9 heteroatoms. The van der Waals surface area contributed by atoms with Crippen molar-refractivity contribution in [2.45, 2.75) is 17.8 Å². The van der Waals surface area contributed by atoms with Crippen LogP contribution < -0.4 is 5.32 Å². The highest BCUT2D eigenvalue weighted by Crippen LogP contribution is 2.27. The Bertz CT molecular complexity index is 985. The van der Waals surface area contributed by atoms with Gasteiger partial charge in [-0.05, 0) is 17.7 Å². The Morgan fingerprint density at radius 2 is 1.96 bits per heavy atom. The van der Waals surface area contributed by atoms with E-state index in [9.17, 15) is 14.9 Å². The monoisotopic (exact) mass is 383 g/mol. The molecular formula is C18H17N5O3S. The molecule has 8 nitrogen and oxygen atoms in total. The zero-order valence-corrected chi connectivity index (χ0v) is 15.6. The number of anilines is 1. The number of hydrogen-bond acceptors (Lipinski definition) is 6. The summed E-state index contributed by atoms with van der Waals surface area (Å²) in [5, 5.41) is 22.7. The van der Waals surface area contributed by atoms with Crippen molar-refractivity contribution in [2.24, 2.45) is 7.05 Å². The number of benzene rings is 2. The number of thioether (sulfide) groups is 1. The van der Waals surface area contributed by atoms with Crippen LogP contribution in [0.5, 0.6) is 0 Å². The van der Waals surface area contributed by atoms with Gasteiger partial charge in [0.15, 0.2) is 11.0 Å². The van der Waals surface area contributed by atoms with Crippen LogP contribution >= 0.6 is 11.8 Å². The fourth-order valence-electron chi connectivity index (χ4n) is 2.49. The minimum Gasteiger partial charge on any atom is -0.326 e. The van der Waals surface area contributed by atoms with E-state index in [1.54, 1.807) is 12.1 Å². The topological polar surface area (TPSA) is 103 Å². The third-order valence-electron chi connectivity index (χ3n) is 3.79. The van der Waals surface area contributed by atoms with Gasteiger partial charge in [0, 0.05) is 43.1 Å². The number of non-ortho nitro benzene ring substituents is 1. The molecule has 0 spiro atoms. The van der Waals surface area contributed by atoms with Gasteiger partial charge >= 0.3 is 0 Å². The lowest BCUT2D eigenvalue weighted by molar-refractivity contribution is -0.384. The van der Waals surface area contributed by atoms with E-state index >= 15 is 0 Å². The van der Waals surface area contributed by atoms with Crippen LogP contribution in [-0.2, 0) is 17.6 Å². The highest BCUT2D eigenvalue weighted by atomic mass is 32.2. The molecule has 0 aliphatic rings. The Hall–Kier alpha value is -3.20. The molecule has 1 N–H and O–H groups in total. The maximum atomic E-state index is 11.2. The highest BCUT2D eigenvalue weighted by molar-refractivity contribution is 7.98. The van der Waals surface area contributed by atoms with E-state index in [1.807, 2.05) is 35.9 Å². The Kier molecular flexibility index (Phi) is 5.51. The number of nitro benzene ring substituents is 1. The Balaban J connectivity index is 1.73. The number of nitrogens with one attached hydrogen (secondary N) is 1. The molecule has 3 aromatic rings. The summed E-state index contributed by atoms with van der Waals surface area (Å²) in [4.78, 5) is 21.5. The van der Waals surface area contributed by atoms with E-state index in [4.69, 9.17) is 0 Å². The van der Waals surface area contributed by atoms with Crippen LogP contribution in [-0.4, -0.2) is 25.6 Å². The van der Waals surface area contributed by atoms with Crippen LogP contribution in [0.3, 0.4) is 0 Å². The number of amides is 1. The second-order valence-corrected chi connectivity index (χ2v) is 6.78. The third kappa shape index (κ3) is 4.50. The Morgan fingerprint density at radius 1 is 1.22 bits per heavy atom. The number of aromatic nitrogens is 3. The number of carbonyl (C=O) groups is 1. The van der Waals surface area contributed by atoms with Crippen molar-refractivity contribution < 1.29 is 9.72 Å². The SMILES string of the molecule is CC(=O)Nc1cccc(-c2nnc(SCc3ccc([N+](=O)[O-])cc3)n2C)c1. The molecule has 1 aromatic heterocycles. The molecule has 3 rings (SSSR count). The summed E-state index contributed by atoms with van der Waals surface area (Å²) in [6.07, 6.45) is 0. The van der Waals surface area contributed by atoms with Gasteiger partial charge < -0.3 is 9.88 Å². The summed E-state index contributed by atoms with van der Waals surface area (Å²) in [6.45, 7) is 1.46. The maximum absolute atomic E-state index is 11.2. The number of nitrogens with zero attached hydrogens (tertiary/aromatic N) is 4. The van der Waals surface area contributed by atoms with Crippen LogP contribution in [0.1, 0.15) is 12.5 Å². The predicted molar refractivity (Wildman–Crippen MR) is 103 cm³/mol. The van der Waals surface area contributed by atoms with Gasteiger partial charge in [0.1, 0.15) is 0 Å². The average Bonchev–Trinajstić information content (AvgIpc) is 3.00. The van der Waals surface area contributed by atoms with Gasteiger partial charge in [-0.3, -0.25) is 14.9 Å². The molecule has 0 fully saturated rings. The first-order valence-electron chi connectivity index (χ1n) is 8.07. The second-order valence-electron chi connectivity index (χ2n) is 5.84. The molecule has 1 heterocycles. The fourth-order valence-corrected chi connectivity index (χ4v) is 3.36. The normalized spacial score (nSPS) is 10.6. The van der Waals surface area contributed by atoms with Gasteiger partial charge in [-0.15, -0.1) is 10.2 Å². The molecule has 138 valence electrons. The number of rotatable bonds is 6. The van der Waals surface area contributed by atoms with Crippen molar-refractivity contribution >= 4 is 29.0 Å². The van der Waals surface area contributed by atoms with Gasteiger partial charge in [-0.2, -0.15) is 0 Å². The molecule has 27 heavy (non-hydrogen) atoms. The van der Waals surface area contributed by atoms with Crippen molar-refractivity contribution in [3.63, 3.8) is 0 Å². The second kappa shape index (κ2) is 8.00. The first kappa shape index (κ1) is 18.6. The first-order valence-corrected chi connectivity index (χ1v) is 9.06. The van der Waals surface area contributed by atoms with Crippen molar-refractivity contribution in [3.05, 3.63) is 64.2 Å². The Morgan fingerprint density at radius 3 is 2.63 bits per heavy atom. The minimum atomic E-state index is -0.416. The first-order chi connectivity index (χ1) is 12.9. The number of nitro groups is 1. The van der Waals surface area contributed by atoms with Crippen molar-refractivity contribution in [3.8, 4) is 11.4 Å². The Labute approximate surface area is 159 Å². The summed E-state index contributed by atoms with van der Waals surface area (Å²) < 4.78 is 1.88. The molecule has 0 radical (unpaired) electrons.